The first-order chi connectivity index (χ1) is 11.0. The molecule has 23 heavy (non-hydrogen) atoms. The summed E-state index contributed by atoms with van der Waals surface area (Å²) in [4.78, 5) is 15.9. The Bertz CT molecular complexity index is 902. The third-order valence-electron chi connectivity index (χ3n) is 4.02. The van der Waals surface area contributed by atoms with E-state index >= 15 is 0 Å². The Morgan fingerprint density at radius 3 is 2.35 bits per heavy atom. The molecular weight excluding hydrogens is 290 g/mol. The monoisotopic (exact) mass is 307 g/mol. The van der Waals surface area contributed by atoms with Crippen LogP contribution in [0.15, 0.2) is 42.5 Å². The van der Waals surface area contributed by atoms with Crippen molar-refractivity contribution in [3.63, 3.8) is 0 Å². The summed E-state index contributed by atoms with van der Waals surface area (Å²) in [6, 6.07) is 13.6. The molecule has 0 atom stereocenters. The summed E-state index contributed by atoms with van der Waals surface area (Å²) in [7, 11) is 0. The van der Waals surface area contributed by atoms with E-state index in [4.69, 9.17) is 14.8 Å². The first-order valence-electron chi connectivity index (χ1n) is 7.35. The van der Waals surface area contributed by atoms with Gasteiger partial charge in [-0.15, -0.1) is 0 Å². The van der Waals surface area contributed by atoms with Crippen molar-refractivity contribution >= 4 is 17.1 Å². The molecule has 0 unspecified atom stereocenters. The lowest BCUT2D eigenvalue weighted by Crippen LogP contribution is -2.07. The molecule has 2 aromatic carbocycles. The van der Waals surface area contributed by atoms with Gasteiger partial charge in [-0.2, -0.15) is 0 Å². The molecular formula is C19H17NO3. The maximum Gasteiger partial charge on any atom is 0.511 e. The number of benzene rings is 2. The van der Waals surface area contributed by atoms with Gasteiger partial charge in [-0.25, -0.2) is 9.78 Å². The van der Waals surface area contributed by atoms with Gasteiger partial charge in [0, 0.05) is 16.5 Å². The van der Waals surface area contributed by atoms with Gasteiger partial charge in [0.1, 0.15) is 5.75 Å². The second kappa shape index (κ2) is 5.72. The van der Waals surface area contributed by atoms with Crippen LogP contribution in [0.5, 0.6) is 5.75 Å². The zero-order chi connectivity index (χ0) is 16.6. The van der Waals surface area contributed by atoms with Crippen molar-refractivity contribution in [3.8, 4) is 17.0 Å². The van der Waals surface area contributed by atoms with Gasteiger partial charge in [-0.1, -0.05) is 30.3 Å². The molecule has 0 saturated heterocycles. The Kier molecular flexibility index (Phi) is 3.74. The third kappa shape index (κ3) is 2.75. The van der Waals surface area contributed by atoms with Crippen LogP contribution >= 0.6 is 0 Å². The SMILES string of the molecule is Cc1cc2nc(-c3ccccc3)c(C)c(OC(=O)O)c2cc1C. The van der Waals surface area contributed by atoms with Crippen LogP contribution in [0, 0.1) is 20.8 Å². The van der Waals surface area contributed by atoms with Gasteiger partial charge in [0.05, 0.1) is 11.2 Å². The first kappa shape index (κ1) is 15.0. The van der Waals surface area contributed by atoms with Gasteiger partial charge in [0.15, 0.2) is 0 Å². The third-order valence-corrected chi connectivity index (χ3v) is 4.02. The van der Waals surface area contributed by atoms with Gasteiger partial charge in [-0.3, -0.25) is 0 Å². The maximum absolute atomic E-state index is 11.1. The summed E-state index contributed by atoms with van der Waals surface area (Å²) in [6.45, 7) is 5.83. The van der Waals surface area contributed by atoms with Gasteiger partial charge < -0.3 is 9.84 Å². The van der Waals surface area contributed by atoms with E-state index in [0.717, 1.165) is 27.9 Å². The molecule has 116 valence electrons. The van der Waals surface area contributed by atoms with Crippen molar-refractivity contribution in [2.24, 2.45) is 0 Å². The fourth-order valence-electron chi connectivity index (χ4n) is 2.69. The summed E-state index contributed by atoms with van der Waals surface area (Å²) >= 11 is 0. The lowest BCUT2D eigenvalue weighted by atomic mass is 10.00. The van der Waals surface area contributed by atoms with E-state index in [1.54, 1.807) is 0 Å². The van der Waals surface area contributed by atoms with Crippen LogP contribution in [-0.2, 0) is 0 Å². The van der Waals surface area contributed by atoms with Gasteiger partial charge >= 0.3 is 6.16 Å². The predicted octanol–water partition coefficient (Wildman–Crippen LogP) is 4.88. The minimum absolute atomic E-state index is 0.351. The molecule has 0 aliphatic heterocycles. The van der Waals surface area contributed by atoms with E-state index in [-0.39, 0.29) is 0 Å². The summed E-state index contributed by atoms with van der Waals surface area (Å²) < 4.78 is 5.09. The molecule has 0 bridgehead atoms. The zero-order valence-electron chi connectivity index (χ0n) is 13.3. The number of hydrogen-bond acceptors (Lipinski definition) is 3. The zero-order valence-corrected chi connectivity index (χ0v) is 13.3. The van der Waals surface area contributed by atoms with Crippen molar-refractivity contribution in [1.82, 2.24) is 4.98 Å². The summed E-state index contributed by atoms with van der Waals surface area (Å²) in [5.74, 6) is 0.351. The molecule has 0 fully saturated rings. The molecule has 3 rings (SSSR count). The average molecular weight is 307 g/mol. The predicted molar refractivity (Wildman–Crippen MR) is 90.0 cm³/mol. The van der Waals surface area contributed by atoms with E-state index in [0.29, 0.717) is 16.7 Å². The fourth-order valence-corrected chi connectivity index (χ4v) is 2.69. The van der Waals surface area contributed by atoms with Crippen molar-refractivity contribution < 1.29 is 14.6 Å². The lowest BCUT2D eigenvalue weighted by molar-refractivity contribution is 0.144. The van der Waals surface area contributed by atoms with Crippen molar-refractivity contribution in [2.45, 2.75) is 20.8 Å². The standard InChI is InChI=1S/C19H17NO3/c1-11-9-15-16(10-12(11)2)20-17(14-7-5-4-6-8-14)13(3)18(15)23-19(21)22/h4-10H,1-3H3,(H,21,22). The summed E-state index contributed by atoms with van der Waals surface area (Å²) in [6.07, 6.45) is -1.32. The maximum atomic E-state index is 11.1. The Hall–Kier alpha value is -2.88. The van der Waals surface area contributed by atoms with Gasteiger partial charge in [-0.05, 0) is 44.0 Å². The highest BCUT2D eigenvalue weighted by Crippen LogP contribution is 2.36. The number of rotatable bonds is 2. The molecule has 4 nitrogen and oxygen atoms in total. The highest BCUT2D eigenvalue weighted by atomic mass is 16.7. The van der Waals surface area contributed by atoms with Crippen LogP contribution in [0.4, 0.5) is 4.79 Å². The second-order valence-electron chi connectivity index (χ2n) is 5.60. The summed E-state index contributed by atoms with van der Waals surface area (Å²) in [5.41, 5.74) is 5.29. The van der Waals surface area contributed by atoms with Crippen LogP contribution in [0.2, 0.25) is 0 Å². The number of hydrogen-bond donors (Lipinski definition) is 1. The molecule has 0 spiro atoms. The van der Waals surface area contributed by atoms with Gasteiger partial charge in [0.2, 0.25) is 0 Å². The van der Waals surface area contributed by atoms with E-state index in [9.17, 15) is 4.79 Å². The second-order valence-corrected chi connectivity index (χ2v) is 5.60. The number of carbonyl (C=O) groups is 1. The van der Waals surface area contributed by atoms with E-state index in [1.165, 1.54) is 0 Å². The largest absolute Gasteiger partial charge is 0.511 e. The number of carboxylic acid groups (broad SMARTS) is 1. The Labute approximate surface area is 134 Å². The number of aromatic nitrogens is 1. The highest BCUT2D eigenvalue weighted by molar-refractivity contribution is 5.92. The van der Waals surface area contributed by atoms with Crippen LogP contribution in [0.3, 0.4) is 0 Å². The number of nitrogens with zero attached hydrogens (tertiary/aromatic N) is 1. The van der Waals surface area contributed by atoms with Crippen LogP contribution in [0.25, 0.3) is 22.2 Å². The molecule has 0 aliphatic carbocycles. The molecule has 1 aromatic heterocycles. The van der Waals surface area contributed by atoms with Crippen molar-refractivity contribution in [2.75, 3.05) is 0 Å². The molecule has 3 aromatic rings. The Morgan fingerprint density at radius 1 is 1.04 bits per heavy atom. The van der Waals surface area contributed by atoms with Crippen molar-refractivity contribution in [3.05, 3.63) is 59.2 Å². The molecule has 0 amide bonds. The van der Waals surface area contributed by atoms with Gasteiger partial charge in [0.25, 0.3) is 0 Å². The topological polar surface area (TPSA) is 59.4 Å². The van der Waals surface area contributed by atoms with E-state index < -0.39 is 6.16 Å². The summed E-state index contributed by atoms with van der Waals surface area (Å²) in [5, 5.41) is 9.81. The quantitative estimate of drug-likeness (QED) is 0.685. The van der Waals surface area contributed by atoms with Crippen LogP contribution < -0.4 is 4.74 Å². The Balaban J connectivity index is 2.37. The minimum Gasteiger partial charge on any atom is -0.449 e. The first-order valence-corrected chi connectivity index (χ1v) is 7.35. The highest BCUT2D eigenvalue weighted by Gasteiger charge is 2.17. The Morgan fingerprint density at radius 2 is 1.70 bits per heavy atom. The molecule has 1 heterocycles. The van der Waals surface area contributed by atoms with E-state index in [1.807, 2.05) is 63.2 Å². The minimum atomic E-state index is -1.32. The normalized spacial score (nSPS) is 10.7. The van der Waals surface area contributed by atoms with Crippen LogP contribution in [-0.4, -0.2) is 16.2 Å². The number of pyridine rings is 1. The average Bonchev–Trinajstić information content (AvgIpc) is 2.52. The fraction of sp³-hybridized carbons (Fsp3) is 0.158. The smallest absolute Gasteiger partial charge is 0.449 e. The number of aryl methyl sites for hydroxylation is 2. The number of fused-ring (bicyclic) bond motifs is 1. The van der Waals surface area contributed by atoms with Crippen molar-refractivity contribution in [1.29, 1.82) is 0 Å². The number of ether oxygens (including phenoxy) is 1. The van der Waals surface area contributed by atoms with Crippen LogP contribution in [0.1, 0.15) is 16.7 Å². The van der Waals surface area contributed by atoms with E-state index in [2.05, 4.69) is 0 Å². The lowest BCUT2D eigenvalue weighted by Gasteiger charge is -2.14. The molecule has 1 N–H and O–H groups in total. The molecule has 0 saturated carbocycles. The molecule has 4 heteroatoms. The molecule has 0 radical (unpaired) electrons. The molecule has 0 aliphatic rings.